The molecule has 0 aliphatic carbocycles. The lowest BCUT2D eigenvalue weighted by Crippen LogP contribution is -2.54. The first-order valence-electron chi connectivity index (χ1n) is 3.33. The maximum atomic E-state index is 10.9. The molecule has 10 nitrogen and oxygen atoms in total. The van der Waals surface area contributed by atoms with Crippen molar-refractivity contribution in [2.24, 2.45) is 0 Å². The quantitative estimate of drug-likeness (QED) is 0.366. The van der Waals surface area contributed by atoms with Crippen LogP contribution in [0.1, 0.15) is 0 Å². The second kappa shape index (κ2) is 5.90. The number of hydrogen-bond donors (Lipinski definition) is 3. The van der Waals surface area contributed by atoms with E-state index in [1.165, 1.54) is 5.32 Å². The van der Waals surface area contributed by atoms with E-state index in [0.717, 1.165) is 0 Å². The van der Waals surface area contributed by atoms with Crippen molar-refractivity contribution in [2.75, 3.05) is 0 Å². The Morgan fingerprint density at radius 2 is 1.73 bits per heavy atom. The summed E-state index contributed by atoms with van der Waals surface area (Å²) in [6.07, 6.45) is -0.0354. The zero-order valence-corrected chi connectivity index (χ0v) is 7.14. The van der Waals surface area contributed by atoms with Gasteiger partial charge in [-0.25, -0.2) is 20.1 Å². The predicted molar refractivity (Wildman–Crippen MR) is 42.7 cm³/mol. The molecule has 0 aliphatic heterocycles. The molecular weight excluding hydrogens is 210 g/mol. The lowest BCUT2D eigenvalue weighted by atomic mass is 10.8. The Labute approximate surface area is 82.7 Å². The van der Waals surface area contributed by atoms with Gasteiger partial charge >= 0.3 is 18.1 Å². The molecular formula is C5H6N5O5. The topological polar surface area (TPSA) is 148 Å². The van der Waals surface area contributed by atoms with Gasteiger partial charge in [0.1, 0.15) is 0 Å². The van der Waals surface area contributed by atoms with Crippen molar-refractivity contribution in [3.63, 3.8) is 0 Å². The third kappa shape index (κ3) is 4.21. The van der Waals surface area contributed by atoms with Gasteiger partial charge in [-0.3, -0.25) is 25.6 Å². The van der Waals surface area contributed by atoms with E-state index in [9.17, 15) is 24.0 Å². The molecule has 0 fully saturated rings. The molecule has 0 heterocycles. The third-order valence-electron chi connectivity index (χ3n) is 0.998. The molecule has 0 bridgehead atoms. The SMILES string of the molecule is [NH]C(=O)N(NC=O)C(=O)NC(=O)NC=O. The van der Waals surface area contributed by atoms with Gasteiger partial charge in [-0.05, 0) is 0 Å². The number of urea groups is 3. The summed E-state index contributed by atoms with van der Waals surface area (Å²) in [6.45, 7) is 0. The summed E-state index contributed by atoms with van der Waals surface area (Å²) in [5, 5.41) is 2.96. The van der Waals surface area contributed by atoms with Gasteiger partial charge in [-0.15, -0.1) is 5.01 Å². The van der Waals surface area contributed by atoms with E-state index < -0.39 is 18.1 Å². The second-order valence-electron chi connectivity index (χ2n) is 1.91. The van der Waals surface area contributed by atoms with Gasteiger partial charge in [0, 0.05) is 0 Å². The summed E-state index contributed by atoms with van der Waals surface area (Å²) >= 11 is 0. The summed E-state index contributed by atoms with van der Waals surface area (Å²) < 4.78 is 0. The molecule has 10 heteroatoms. The van der Waals surface area contributed by atoms with Crippen LogP contribution in [0.5, 0.6) is 0 Å². The van der Waals surface area contributed by atoms with E-state index in [0.29, 0.717) is 0 Å². The van der Waals surface area contributed by atoms with Crippen LogP contribution in [-0.2, 0) is 9.59 Å². The van der Waals surface area contributed by atoms with E-state index in [4.69, 9.17) is 5.73 Å². The average molecular weight is 216 g/mol. The van der Waals surface area contributed by atoms with Crippen LogP contribution < -0.4 is 21.8 Å². The number of hydrogen-bond acceptors (Lipinski definition) is 5. The van der Waals surface area contributed by atoms with E-state index in [-0.39, 0.29) is 17.8 Å². The van der Waals surface area contributed by atoms with Crippen molar-refractivity contribution in [1.29, 1.82) is 0 Å². The molecule has 0 rings (SSSR count). The fraction of sp³-hybridized carbons (Fsp3) is 0. The first-order valence-corrected chi connectivity index (χ1v) is 3.33. The summed E-state index contributed by atoms with van der Waals surface area (Å²) in [6, 6.07) is -4.13. The Balaban J connectivity index is 4.37. The molecule has 4 N–H and O–H groups in total. The van der Waals surface area contributed by atoms with Crippen molar-refractivity contribution >= 4 is 30.9 Å². The van der Waals surface area contributed by atoms with E-state index in [1.54, 1.807) is 10.7 Å². The maximum absolute atomic E-state index is 10.9. The summed E-state index contributed by atoms with van der Waals surface area (Å²) in [5.41, 5.74) is 8.08. The number of rotatable bonds is 3. The molecule has 81 valence electrons. The van der Waals surface area contributed by atoms with Crippen LogP contribution in [0.3, 0.4) is 0 Å². The van der Waals surface area contributed by atoms with Crippen LogP contribution >= 0.6 is 0 Å². The fourth-order valence-electron chi connectivity index (χ4n) is 0.505. The summed E-state index contributed by atoms with van der Waals surface area (Å²) in [5.74, 6) is 0. The minimum Gasteiger partial charge on any atom is -0.280 e. The monoisotopic (exact) mass is 216 g/mol. The summed E-state index contributed by atoms with van der Waals surface area (Å²) in [7, 11) is 0. The van der Waals surface area contributed by atoms with Gasteiger partial charge in [0.2, 0.25) is 12.8 Å². The highest BCUT2D eigenvalue weighted by Crippen LogP contribution is 1.83. The number of hydrazine groups is 1. The fourth-order valence-corrected chi connectivity index (χ4v) is 0.505. The lowest BCUT2D eigenvalue weighted by Gasteiger charge is -2.14. The van der Waals surface area contributed by atoms with Gasteiger partial charge < -0.3 is 0 Å². The normalized spacial score (nSPS) is 8.27. The second-order valence-corrected chi connectivity index (χ2v) is 1.91. The van der Waals surface area contributed by atoms with Crippen molar-refractivity contribution in [2.45, 2.75) is 0 Å². The molecule has 0 atom stereocenters. The highest BCUT2D eigenvalue weighted by Gasteiger charge is 2.20. The number of amides is 8. The Morgan fingerprint density at radius 3 is 2.13 bits per heavy atom. The molecule has 0 aromatic heterocycles. The molecule has 1 radical (unpaired) electrons. The Kier molecular flexibility index (Phi) is 4.86. The Morgan fingerprint density at radius 1 is 1.13 bits per heavy atom. The van der Waals surface area contributed by atoms with Gasteiger partial charge in [-0.2, -0.15) is 0 Å². The average Bonchev–Trinajstić information content (AvgIpc) is 2.13. The molecule has 0 unspecified atom stereocenters. The zero-order chi connectivity index (χ0) is 11.8. The van der Waals surface area contributed by atoms with Gasteiger partial charge in [0.25, 0.3) is 0 Å². The first kappa shape index (κ1) is 12.3. The summed E-state index contributed by atoms with van der Waals surface area (Å²) in [4.78, 5) is 51.6. The van der Waals surface area contributed by atoms with E-state index in [1.807, 2.05) is 0 Å². The van der Waals surface area contributed by atoms with Crippen molar-refractivity contribution in [1.82, 2.24) is 26.8 Å². The Hall–Kier alpha value is -2.65. The third-order valence-corrected chi connectivity index (χ3v) is 0.998. The smallest absolute Gasteiger partial charge is 0.280 e. The van der Waals surface area contributed by atoms with Crippen LogP contribution in [0.2, 0.25) is 0 Å². The van der Waals surface area contributed by atoms with E-state index in [2.05, 4.69) is 0 Å². The first-order chi connectivity index (χ1) is 7.02. The van der Waals surface area contributed by atoms with Gasteiger partial charge in [0.15, 0.2) is 0 Å². The largest absolute Gasteiger partial charge is 0.363 e. The number of nitrogens with zero attached hydrogens (tertiary/aromatic N) is 1. The van der Waals surface area contributed by atoms with Crippen molar-refractivity contribution in [3.8, 4) is 0 Å². The van der Waals surface area contributed by atoms with Gasteiger partial charge in [-0.1, -0.05) is 0 Å². The van der Waals surface area contributed by atoms with Crippen molar-refractivity contribution in [3.05, 3.63) is 0 Å². The highest BCUT2D eigenvalue weighted by atomic mass is 16.2. The number of carbonyl (C=O) groups is 5. The molecule has 0 aliphatic rings. The lowest BCUT2D eigenvalue weighted by molar-refractivity contribution is -0.112. The molecule has 0 aromatic carbocycles. The molecule has 0 saturated carbocycles. The van der Waals surface area contributed by atoms with Crippen molar-refractivity contribution < 1.29 is 24.0 Å². The van der Waals surface area contributed by atoms with Crippen LogP contribution in [0.15, 0.2) is 0 Å². The van der Waals surface area contributed by atoms with Crippen LogP contribution in [-0.4, -0.2) is 35.9 Å². The van der Waals surface area contributed by atoms with Crippen LogP contribution in [0.4, 0.5) is 14.4 Å². The number of nitrogens with one attached hydrogen (secondary N) is 4. The van der Waals surface area contributed by atoms with Gasteiger partial charge in [0.05, 0.1) is 0 Å². The van der Waals surface area contributed by atoms with Crippen LogP contribution in [0, 0.1) is 0 Å². The predicted octanol–water partition coefficient (Wildman–Crippen LogP) is -2.07. The molecule has 0 aromatic rings. The maximum Gasteiger partial charge on any atom is 0.363 e. The Bertz CT molecular complexity index is 302. The highest BCUT2D eigenvalue weighted by molar-refractivity contribution is 6.02. The molecule has 15 heavy (non-hydrogen) atoms. The molecule has 0 saturated heterocycles. The van der Waals surface area contributed by atoms with Crippen LogP contribution in [0.25, 0.3) is 0 Å². The number of imide groups is 3. The van der Waals surface area contributed by atoms with E-state index >= 15 is 0 Å². The molecule has 0 spiro atoms. The minimum atomic E-state index is -1.56. The molecule has 8 amide bonds. The standard InChI is InChI=1S/C5H6N5O5/c6-3(13)10(8-2-12)5(15)9-4(14)7-1-11/h1-2,6H,(H,8,12)(H2,7,9,11,14,15). The minimum absolute atomic E-state index is 0.00260. The zero-order valence-electron chi connectivity index (χ0n) is 7.14. The number of carbonyl (C=O) groups excluding carboxylic acids is 5.